The van der Waals surface area contributed by atoms with Gasteiger partial charge in [-0.3, -0.25) is 9.59 Å². The van der Waals surface area contributed by atoms with E-state index in [-0.39, 0.29) is 29.8 Å². The number of hydrogen-bond acceptors (Lipinski definition) is 7. The average molecular weight is 489 g/mol. The molecule has 0 aliphatic carbocycles. The summed E-state index contributed by atoms with van der Waals surface area (Å²) < 4.78 is 10.3. The molecular weight excluding hydrogens is 460 g/mol. The molecule has 1 unspecified atom stereocenters. The number of carbonyl (C=O) groups excluding carboxylic acids is 2. The molecule has 0 bridgehead atoms. The first-order valence-corrected chi connectivity index (χ1v) is 11.3. The summed E-state index contributed by atoms with van der Waals surface area (Å²) >= 11 is 0. The van der Waals surface area contributed by atoms with Crippen LogP contribution in [-0.2, 0) is 16.0 Å². The Bertz CT molecular complexity index is 1300. The van der Waals surface area contributed by atoms with Crippen molar-refractivity contribution in [2.75, 3.05) is 13.7 Å². The number of aromatic hydroxyl groups is 2. The van der Waals surface area contributed by atoms with E-state index in [1.807, 2.05) is 48.5 Å². The molecule has 0 aliphatic heterocycles. The normalized spacial score (nSPS) is 11.1. The molecule has 1 aromatic heterocycles. The van der Waals surface area contributed by atoms with Gasteiger partial charge < -0.3 is 25.0 Å². The average Bonchev–Trinajstić information content (AvgIpc) is 2.88. The number of esters is 1. The molecule has 1 heterocycles. The van der Waals surface area contributed by atoms with E-state index in [0.717, 1.165) is 16.3 Å². The van der Waals surface area contributed by atoms with Crippen molar-refractivity contribution >= 4 is 22.6 Å². The molecule has 0 saturated heterocycles. The van der Waals surface area contributed by atoms with Gasteiger partial charge in [-0.05, 0) is 35.4 Å². The lowest BCUT2D eigenvalue weighted by atomic mass is 10.0. The number of ether oxygens (including phenoxy) is 2. The summed E-state index contributed by atoms with van der Waals surface area (Å²) in [4.78, 5) is 28.1. The monoisotopic (exact) mass is 488 g/mol. The van der Waals surface area contributed by atoms with Crippen molar-refractivity contribution in [1.82, 2.24) is 10.3 Å². The number of rotatable bonds is 7. The predicted octanol–water partition coefficient (Wildman–Crippen LogP) is 4.25. The molecule has 0 aliphatic rings. The molecule has 0 spiro atoms. The fraction of sp³-hybridized carbons (Fsp3) is 0.179. The van der Waals surface area contributed by atoms with Gasteiger partial charge in [-0.25, -0.2) is 4.98 Å². The number of pyridine rings is 1. The largest absolute Gasteiger partial charge is 0.508 e. The molecule has 0 radical (unpaired) electrons. The van der Waals surface area contributed by atoms with Gasteiger partial charge in [-0.2, -0.15) is 0 Å². The Labute approximate surface area is 209 Å². The van der Waals surface area contributed by atoms with Gasteiger partial charge in [0.2, 0.25) is 0 Å². The van der Waals surface area contributed by atoms with Crippen LogP contribution in [0.25, 0.3) is 10.8 Å². The third kappa shape index (κ3) is 7.20. The van der Waals surface area contributed by atoms with Crippen LogP contribution in [0.3, 0.4) is 0 Å². The first-order valence-electron chi connectivity index (χ1n) is 11.3. The van der Waals surface area contributed by atoms with Gasteiger partial charge in [0.15, 0.2) is 17.2 Å². The van der Waals surface area contributed by atoms with Crippen molar-refractivity contribution in [3.05, 3.63) is 96.3 Å². The molecule has 0 fully saturated rings. The van der Waals surface area contributed by atoms with Gasteiger partial charge in [0.1, 0.15) is 18.4 Å². The smallest absolute Gasteiger partial charge is 0.325 e. The number of methoxy groups -OCH3 is 1. The van der Waals surface area contributed by atoms with Crippen molar-refractivity contribution in [2.45, 2.75) is 19.4 Å². The first-order chi connectivity index (χ1) is 17.4. The van der Waals surface area contributed by atoms with Crippen LogP contribution in [-0.4, -0.2) is 46.8 Å². The van der Waals surface area contributed by atoms with Crippen molar-refractivity contribution in [1.29, 1.82) is 0 Å². The summed E-state index contributed by atoms with van der Waals surface area (Å²) in [7, 11) is 1.37. The highest BCUT2D eigenvalue weighted by Crippen LogP contribution is 2.27. The van der Waals surface area contributed by atoms with Crippen LogP contribution in [0.2, 0.25) is 0 Å². The molecule has 1 amide bonds. The quantitative estimate of drug-likeness (QED) is 0.333. The molecule has 8 heteroatoms. The lowest BCUT2D eigenvalue weighted by Crippen LogP contribution is -2.33. The summed E-state index contributed by atoms with van der Waals surface area (Å²) in [6, 6.07) is 24.2. The zero-order chi connectivity index (χ0) is 25.9. The number of hydrogen-bond donors (Lipinski definition) is 3. The Morgan fingerprint density at radius 1 is 0.944 bits per heavy atom. The van der Waals surface area contributed by atoms with E-state index in [0.29, 0.717) is 12.2 Å². The van der Waals surface area contributed by atoms with Crippen molar-refractivity contribution in [2.24, 2.45) is 0 Å². The number of phenols is 1. The standard InChI is InChI=1S/C22H22N2O5.C6H6O/c1-14(12-16-8-5-7-15-6-3-4-9-17(15)16)29-19(25)13-24-22(27)20-21(26)18(28-2)10-11-23-20;7-6-4-2-1-3-5-6/h3-11,14,26H,12-13H2,1-2H3,(H,24,27);1-5,7H. The molecule has 3 N–H and O–H groups in total. The minimum absolute atomic E-state index is 0.122. The third-order valence-electron chi connectivity index (χ3n) is 5.19. The fourth-order valence-corrected chi connectivity index (χ4v) is 3.52. The van der Waals surface area contributed by atoms with Crippen molar-refractivity contribution in [3.8, 4) is 17.2 Å². The fourth-order valence-electron chi connectivity index (χ4n) is 3.52. The van der Waals surface area contributed by atoms with Gasteiger partial charge in [-0.15, -0.1) is 0 Å². The van der Waals surface area contributed by atoms with Gasteiger partial charge in [-0.1, -0.05) is 60.7 Å². The molecule has 186 valence electrons. The van der Waals surface area contributed by atoms with Crippen molar-refractivity contribution in [3.63, 3.8) is 0 Å². The Morgan fingerprint density at radius 3 is 2.33 bits per heavy atom. The number of phenolic OH excluding ortho intramolecular Hbond substituents is 1. The Kier molecular flexibility index (Phi) is 9.22. The van der Waals surface area contributed by atoms with E-state index in [2.05, 4.69) is 10.3 Å². The summed E-state index contributed by atoms with van der Waals surface area (Å²) in [5, 5.41) is 23.2. The number of aromatic nitrogens is 1. The van der Waals surface area contributed by atoms with E-state index < -0.39 is 11.9 Å². The van der Waals surface area contributed by atoms with Crippen LogP contribution in [0.15, 0.2) is 85.1 Å². The second-order valence-corrected chi connectivity index (χ2v) is 7.87. The van der Waals surface area contributed by atoms with E-state index >= 15 is 0 Å². The Hall–Kier alpha value is -4.59. The van der Waals surface area contributed by atoms with Crippen LogP contribution in [0.4, 0.5) is 0 Å². The van der Waals surface area contributed by atoms with E-state index in [4.69, 9.17) is 14.6 Å². The van der Waals surface area contributed by atoms with Crippen molar-refractivity contribution < 1.29 is 29.3 Å². The van der Waals surface area contributed by atoms with Gasteiger partial charge in [0.25, 0.3) is 5.91 Å². The van der Waals surface area contributed by atoms with E-state index in [1.165, 1.54) is 19.4 Å². The van der Waals surface area contributed by atoms with Crippen LogP contribution < -0.4 is 10.1 Å². The van der Waals surface area contributed by atoms with Gasteiger partial charge in [0.05, 0.1) is 7.11 Å². The summed E-state index contributed by atoms with van der Waals surface area (Å²) in [5.41, 5.74) is 0.860. The lowest BCUT2D eigenvalue weighted by Gasteiger charge is -2.15. The van der Waals surface area contributed by atoms with Crippen LogP contribution >= 0.6 is 0 Å². The van der Waals surface area contributed by atoms with Crippen LogP contribution in [0, 0.1) is 0 Å². The Morgan fingerprint density at radius 2 is 1.64 bits per heavy atom. The number of amides is 1. The predicted molar refractivity (Wildman–Crippen MR) is 136 cm³/mol. The second-order valence-electron chi connectivity index (χ2n) is 7.87. The second kappa shape index (κ2) is 12.8. The minimum Gasteiger partial charge on any atom is -0.508 e. The third-order valence-corrected chi connectivity index (χ3v) is 5.19. The number of nitrogens with one attached hydrogen (secondary N) is 1. The lowest BCUT2D eigenvalue weighted by molar-refractivity contribution is -0.146. The number of nitrogens with zero attached hydrogens (tertiary/aromatic N) is 1. The molecule has 1 atom stereocenters. The molecule has 36 heavy (non-hydrogen) atoms. The highest BCUT2D eigenvalue weighted by Gasteiger charge is 2.18. The summed E-state index contributed by atoms with van der Waals surface area (Å²) in [6.45, 7) is 1.47. The minimum atomic E-state index is -0.694. The van der Waals surface area contributed by atoms with Gasteiger partial charge in [0, 0.05) is 18.7 Å². The van der Waals surface area contributed by atoms with Gasteiger partial charge >= 0.3 is 5.97 Å². The molecule has 0 saturated carbocycles. The highest BCUT2D eigenvalue weighted by molar-refractivity contribution is 5.97. The highest BCUT2D eigenvalue weighted by atomic mass is 16.5. The number of para-hydroxylation sites is 1. The van der Waals surface area contributed by atoms with E-state index in [9.17, 15) is 14.7 Å². The summed E-state index contributed by atoms with van der Waals surface area (Å²) in [6.07, 6.45) is 1.52. The summed E-state index contributed by atoms with van der Waals surface area (Å²) in [5.74, 6) is -1.21. The number of benzene rings is 3. The SMILES string of the molecule is COc1ccnc(C(=O)NCC(=O)OC(C)Cc2cccc3ccccc23)c1O.Oc1ccccc1. The maximum Gasteiger partial charge on any atom is 0.325 e. The van der Waals surface area contributed by atoms with Crippen LogP contribution in [0.1, 0.15) is 23.0 Å². The molecule has 8 nitrogen and oxygen atoms in total. The Balaban J connectivity index is 0.000000444. The zero-order valence-corrected chi connectivity index (χ0v) is 20.0. The number of fused-ring (bicyclic) bond motifs is 1. The van der Waals surface area contributed by atoms with E-state index in [1.54, 1.807) is 31.2 Å². The number of carbonyl (C=O) groups is 2. The maximum atomic E-state index is 12.2. The zero-order valence-electron chi connectivity index (χ0n) is 20.0. The molecule has 3 aromatic carbocycles. The molecule has 4 aromatic rings. The topological polar surface area (TPSA) is 118 Å². The first kappa shape index (κ1) is 26.0. The molecule has 4 rings (SSSR count). The van der Waals surface area contributed by atoms with Crippen LogP contribution in [0.5, 0.6) is 17.2 Å². The molecular formula is C28H28N2O6. The maximum absolute atomic E-state index is 12.2.